The lowest BCUT2D eigenvalue weighted by Crippen LogP contribution is -2.36. The molecule has 2 aromatic carbocycles. The minimum atomic E-state index is -0.0595. The number of ether oxygens (including phenoxy) is 2. The second kappa shape index (κ2) is 6.53. The Hall–Kier alpha value is -2.53. The summed E-state index contributed by atoms with van der Waals surface area (Å²) in [6, 6.07) is 11.8. The number of anilines is 1. The standard InChI is InChI=1S/C19H22N2O3/c1-12(22)21-9-8-16(20)15-10-13(4-6-17(15)21)14-5-7-18(23-2)19(11-14)24-3/h4-7,10-11,16H,8-9,20H2,1-3H3. The van der Waals surface area contributed by atoms with Crippen LogP contribution in [0.4, 0.5) is 5.69 Å². The largest absolute Gasteiger partial charge is 0.493 e. The zero-order valence-corrected chi connectivity index (χ0v) is 14.2. The van der Waals surface area contributed by atoms with Gasteiger partial charge in [0, 0.05) is 25.2 Å². The molecule has 5 heteroatoms. The molecule has 0 aromatic heterocycles. The van der Waals surface area contributed by atoms with Gasteiger partial charge in [0.05, 0.1) is 14.2 Å². The number of nitrogens with two attached hydrogens (primary N) is 1. The number of carbonyl (C=O) groups is 1. The molecule has 1 unspecified atom stereocenters. The van der Waals surface area contributed by atoms with Crippen molar-refractivity contribution in [3.05, 3.63) is 42.0 Å². The third-order valence-corrected chi connectivity index (χ3v) is 4.48. The van der Waals surface area contributed by atoms with E-state index in [1.54, 1.807) is 26.0 Å². The fraction of sp³-hybridized carbons (Fsp3) is 0.316. The molecule has 3 rings (SSSR count). The number of fused-ring (bicyclic) bond motifs is 1. The van der Waals surface area contributed by atoms with Gasteiger partial charge in [-0.3, -0.25) is 4.79 Å². The highest BCUT2D eigenvalue weighted by Crippen LogP contribution is 2.38. The summed E-state index contributed by atoms with van der Waals surface area (Å²) in [5, 5.41) is 0. The zero-order valence-electron chi connectivity index (χ0n) is 14.2. The molecule has 1 heterocycles. The van der Waals surface area contributed by atoms with Crippen LogP contribution in [0.3, 0.4) is 0 Å². The quantitative estimate of drug-likeness (QED) is 0.941. The van der Waals surface area contributed by atoms with E-state index in [4.69, 9.17) is 15.2 Å². The number of hydrogen-bond acceptors (Lipinski definition) is 4. The first-order valence-corrected chi connectivity index (χ1v) is 7.95. The lowest BCUT2D eigenvalue weighted by atomic mass is 9.93. The number of hydrogen-bond donors (Lipinski definition) is 1. The molecule has 2 aromatic rings. The van der Waals surface area contributed by atoms with Crippen molar-refractivity contribution >= 4 is 11.6 Å². The number of methoxy groups -OCH3 is 2. The van der Waals surface area contributed by atoms with Crippen LogP contribution in [0.5, 0.6) is 11.5 Å². The molecule has 1 aliphatic rings. The average molecular weight is 326 g/mol. The van der Waals surface area contributed by atoms with Crippen LogP contribution in [-0.2, 0) is 4.79 Å². The molecule has 1 amide bonds. The summed E-state index contributed by atoms with van der Waals surface area (Å²) in [7, 11) is 3.24. The second-order valence-electron chi connectivity index (χ2n) is 5.91. The van der Waals surface area contributed by atoms with Crippen LogP contribution in [0.25, 0.3) is 11.1 Å². The van der Waals surface area contributed by atoms with E-state index in [1.165, 1.54) is 0 Å². The highest BCUT2D eigenvalue weighted by molar-refractivity contribution is 5.93. The first kappa shape index (κ1) is 16.3. The third-order valence-electron chi connectivity index (χ3n) is 4.48. The number of benzene rings is 2. The number of nitrogens with zero attached hydrogens (tertiary/aromatic N) is 1. The van der Waals surface area contributed by atoms with Gasteiger partial charge < -0.3 is 20.1 Å². The van der Waals surface area contributed by atoms with Gasteiger partial charge in [0.25, 0.3) is 0 Å². The van der Waals surface area contributed by atoms with Crippen molar-refractivity contribution in [1.82, 2.24) is 0 Å². The summed E-state index contributed by atoms with van der Waals surface area (Å²) in [5.74, 6) is 1.42. The monoisotopic (exact) mass is 326 g/mol. The van der Waals surface area contributed by atoms with Crippen molar-refractivity contribution in [2.45, 2.75) is 19.4 Å². The molecule has 0 saturated heterocycles. The first-order valence-electron chi connectivity index (χ1n) is 7.95. The summed E-state index contributed by atoms with van der Waals surface area (Å²) in [4.78, 5) is 13.6. The van der Waals surface area contributed by atoms with Crippen LogP contribution in [0.2, 0.25) is 0 Å². The Morgan fingerprint density at radius 1 is 1.08 bits per heavy atom. The minimum Gasteiger partial charge on any atom is -0.493 e. The van der Waals surface area contributed by atoms with E-state index in [2.05, 4.69) is 6.07 Å². The molecule has 0 radical (unpaired) electrons. The van der Waals surface area contributed by atoms with E-state index in [0.717, 1.165) is 28.8 Å². The number of amides is 1. The summed E-state index contributed by atoms with van der Waals surface area (Å²) in [6.45, 7) is 2.25. The summed E-state index contributed by atoms with van der Waals surface area (Å²) < 4.78 is 10.7. The smallest absolute Gasteiger partial charge is 0.223 e. The van der Waals surface area contributed by atoms with E-state index in [1.807, 2.05) is 30.3 Å². The van der Waals surface area contributed by atoms with Crippen molar-refractivity contribution in [2.24, 2.45) is 5.73 Å². The SMILES string of the molecule is COc1ccc(-c2ccc3c(c2)C(N)CCN3C(C)=O)cc1OC. The van der Waals surface area contributed by atoms with Crippen LogP contribution < -0.4 is 20.1 Å². The van der Waals surface area contributed by atoms with Gasteiger partial charge in [0.2, 0.25) is 5.91 Å². The molecule has 5 nitrogen and oxygen atoms in total. The first-order chi connectivity index (χ1) is 11.5. The molecule has 1 atom stereocenters. The molecular formula is C19H22N2O3. The highest BCUT2D eigenvalue weighted by Gasteiger charge is 2.25. The topological polar surface area (TPSA) is 64.8 Å². The van der Waals surface area contributed by atoms with Crippen molar-refractivity contribution in [3.63, 3.8) is 0 Å². The van der Waals surface area contributed by atoms with Gasteiger partial charge in [-0.05, 0) is 47.4 Å². The van der Waals surface area contributed by atoms with Crippen LogP contribution in [0, 0.1) is 0 Å². The Bertz CT molecular complexity index is 773. The van der Waals surface area contributed by atoms with E-state index < -0.39 is 0 Å². The zero-order chi connectivity index (χ0) is 17.3. The normalized spacial score (nSPS) is 16.5. The molecule has 126 valence electrons. The van der Waals surface area contributed by atoms with Crippen LogP contribution in [-0.4, -0.2) is 26.7 Å². The number of rotatable bonds is 3. The maximum atomic E-state index is 11.8. The highest BCUT2D eigenvalue weighted by atomic mass is 16.5. The lowest BCUT2D eigenvalue weighted by Gasteiger charge is -2.32. The van der Waals surface area contributed by atoms with Crippen molar-refractivity contribution < 1.29 is 14.3 Å². The molecule has 0 spiro atoms. The molecule has 0 fully saturated rings. The van der Waals surface area contributed by atoms with Gasteiger partial charge in [-0.15, -0.1) is 0 Å². The predicted octanol–water partition coefficient (Wildman–Crippen LogP) is 3.13. The Kier molecular flexibility index (Phi) is 4.44. The summed E-state index contributed by atoms with van der Waals surface area (Å²) >= 11 is 0. The molecule has 24 heavy (non-hydrogen) atoms. The molecule has 0 bridgehead atoms. The summed E-state index contributed by atoms with van der Waals surface area (Å²) in [6.07, 6.45) is 0.766. The Morgan fingerprint density at radius 2 is 1.75 bits per heavy atom. The van der Waals surface area contributed by atoms with Crippen molar-refractivity contribution in [2.75, 3.05) is 25.7 Å². The fourth-order valence-electron chi connectivity index (χ4n) is 3.16. The van der Waals surface area contributed by atoms with Crippen LogP contribution in [0.1, 0.15) is 24.9 Å². The maximum Gasteiger partial charge on any atom is 0.223 e. The molecular weight excluding hydrogens is 304 g/mol. The van der Waals surface area contributed by atoms with Crippen LogP contribution in [0.15, 0.2) is 36.4 Å². The van der Waals surface area contributed by atoms with E-state index in [-0.39, 0.29) is 11.9 Å². The van der Waals surface area contributed by atoms with Gasteiger partial charge in [-0.1, -0.05) is 12.1 Å². The summed E-state index contributed by atoms with van der Waals surface area (Å²) in [5.41, 5.74) is 10.2. The molecule has 0 aliphatic carbocycles. The average Bonchev–Trinajstić information content (AvgIpc) is 2.61. The predicted molar refractivity (Wildman–Crippen MR) is 94.6 cm³/mol. The van der Waals surface area contributed by atoms with Crippen molar-refractivity contribution in [3.8, 4) is 22.6 Å². The van der Waals surface area contributed by atoms with Gasteiger partial charge in [-0.2, -0.15) is 0 Å². The van der Waals surface area contributed by atoms with E-state index in [9.17, 15) is 4.79 Å². The van der Waals surface area contributed by atoms with E-state index >= 15 is 0 Å². The Balaban J connectivity index is 2.05. The Labute approximate surface area is 142 Å². The van der Waals surface area contributed by atoms with Gasteiger partial charge in [0.15, 0.2) is 11.5 Å². The van der Waals surface area contributed by atoms with E-state index in [0.29, 0.717) is 18.0 Å². The minimum absolute atomic E-state index is 0.0435. The third kappa shape index (κ3) is 2.83. The van der Waals surface area contributed by atoms with Gasteiger partial charge in [-0.25, -0.2) is 0 Å². The van der Waals surface area contributed by atoms with Crippen molar-refractivity contribution in [1.29, 1.82) is 0 Å². The van der Waals surface area contributed by atoms with Gasteiger partial charge >= 0.3 is 0 Å². The maximum absolute atomic E-state index is 11.8. The Morgan fingerprint density at radius 3 is 2.42 bits per heavy atom. The second-order valence-corrected chi connectivity index (χ2v) is 5.91. The fourth-order valence-corrected chi connectivity index (χ4v) is 3.16. The number of carbonyl (C=O) groups excluding carboxylic acids is 1. The molecule has 0 saturated carbocycles. The van der Waals surface area contributed by atoms with Gasteiger partial charge in [0.1, 0.15) is 0 Å². The lowest BCUT2D eigenvalue weighted by molar-refractivity contribution is -0.116. The molecule has 2 N–H and O–H groups in total. The van der Waals surface area contributed by atoms with Crippen LogP contribution >= 0.6 is 0 Å². The molecule has 1 aliphatic heterocycles.